The molecule has 2 rings (SSSR count). The molecule has 1 aromatic carbocycles. The third-order valence-electron chi connectivity index (χ3n) is 3.19. The van der Waals surface area contributed by atoms with Crippen LogP contribution in [-0.4, -0.2) is 40.3 Å². The van der Waals surface area contributed by atoms with Crippen LogP contribution in [0.15, 0.2) is 47.6 Å². The lowest BCUT2D eigenvalue weighted by Crippen LogP contribution is -2.33. The number of amides is 1. The van der Waals surface area contributed by atoms with Crippen molar-refractivity contribution >= 4 is 17.7 Å². The van der Waals surface area contributed by atoms with Gasteiger partial charge in [-0.3, -0.25) is 9.78 Å². The van der Waals surface area contributed by atoms with E-state index in [0.717, 1.165) is 16.7 Å². The molecule has 0 bridgehead atoms. The number of rotatable bonds is 6. The maximum absolute atomic E-state index is 13.7. The highest BCUT2D eigenvalue weighted by Crippen LogP contribution is 2.17. The lowest BCUT2D eigenvalue weighted by atomic mass is 10.1. The molecule has 0 saturated carbocycles. The van der Waals surface area contributed by atoms with E-state index in [9.17, 15) is 9.18 Å². The Morgan fingerprint density at radius 1 is 1.32 bits per heavy atom. The average molecular weight is 320 g/mol. The number of aliphatic hydroxyl groups excluding tert-OH is 1. The topological polar surface area (TPSA) is 53.4 Å². The number of carbonyl (C=O) groups excluding carboxylic acids is 1. The van der Waals surface area contributed by atoms with Gasteiger partial charge < -0.3 is 10.0 Å². The van der Waals surface area contributed by atoms with Gasteiger partial charge in [0.2, 0.25) is 0 Å². The van der Waals surface area contributed by atoms with Gasteiger partial charge in [-0.25, -0.2) is 4.39 Å². The summed E-state index contributed by atoms with van der Waals surface area (Å²) in [5.41, 5.74) is 0.887. The summed E-state index contributed by atoms with van der Waals surface area (Å²) in [7, 11) is 0. The zero-order valence-electron chi connectivity index (χ0n) is 12.2. The minimum Gasteiger partial charge on any atom is -0.395 e. The first-order chi connectivity index (χ1) is 10.7. The van der Waals surface area contributed by atoms with Crippen molar-refractivity contribution < 1.29 is 14.3 Å². The van der Waals surface area contributed by atoms with Crippen molar-refractivity contribution in [3.63, 3.8) is 0 Å². The van der Waals surface area contributed by atoms with Gasteiger partial charge in [0.15, 0.2) is 5.82 Å². The number of hydrogen-bond acceptors (Lipinski definition) is 4. The van der Waals surface area contributed by atoms with Crippen molar-refractivity contribution in [2.75, 3.05) is 19.4 Å². The van der Waals surface area contributed by atoms with E-state index >= 15 is 0 Å². The van der Waals surface area contributed by atoms with Crippen LogP contribution in [0.1, 0.15) is 15.9 Å². The summed E-state index contributed by atoms with van der Waals surface area (Å²) in [5.74, 6) is -1.11. The first-order valence-corrected chi connectivity index (χ1v) is 8.00. The second-order valence-electron chi connectivity index (χ2n) is 4.65. The standard InChI is InChI=1S/C16H17FN2O2S/c1-22-13-4-2-12(3-5-13)11-19(8-9-20)16(21)14-6-7-18-10-15(14)17/h2-7,10,20H,8-9,11H2,1H3. The first-order valence-electron chi connectivity index (χ1n) is 6.78. The van der Waals surface area contributed by atoms with E-state index in [1.54, 1.807) is 11.8 Å². The first kappa shape index (κ1) is 16.5. The molecule has 1 heterocycles. The van der Waals surface area contributed by atoms with E-state index in [2.05, 4.69) is 4.98 Å². The van der Waals surface area contributed by atoms with E-state index in [1.807, 2.05) is 30.5 Å². The quantitative estimate of drug-likeness (QED) is 0.831. The monoisotopic (exact) mass is 320 g/mol. The van der Waals surface area contributed by atoms with Crippen molar-refractivity contribution in [3.05, 3.63) is 59.7 Å². The van der Waals surface area contributed by atoms with Gasteiger partial charge in [-0.15, -0.1) is 11.8 Å². The van der Waals surface area contributed by atoms with E-state index in [4.69, 9.17) is 5.11 Å². The number of nitrogens with zero attached hydrogens (tertiary/aromatic N) is 2. The number of thioether (sulfide) groups is 1. The third-order valence-corrected chi connectivity index (χ3v) is 3.94. The second kappa shape index (κ2) is 7.91. The molecular weight excluding hydrogens is 303 g/mol. The summed E-state index contributed by atoms with van der Waals surface area (Å²) >= 11 is 1.63. The molecule has 0 spiro atoms. The van der Waals surface area contributed by atoms with Crippen LogP contribution in [0, 0.1) is 5.82 Å². The predicted molar refractivity (Wildman–Crippen MR) is 84.2 cm³/mol. The van der Waals surface area contributed by atoms with Gasteiger partial charge in [0.05, 0.1) is 18.4 Å². The van der Waals surface area contributed by atoms with Gasteiger partial charge in [-0.1, -0.05) is 12.1 Å². The van der Waals surface area contributed by atoms with Crippen LogP contribution in [0.2, 0.25) is 0 Å². The van der Waals surface area contributed by atoms with Gasteiger partial charge in [0.25, 0.3) is 5.91 Å². The Kier molecular flexibility index (Phi) is 5.91. The Balaban J connectivity index is 2.18. The molecule has 0 aliphatic heterocycles. The number of benzene rings is 1. The molecule has 2 aromatic rings. The lowest BCUT2D eigenvalue weighted by molar-refractivity contribution is 0.0703. The fourth-order valence-electron chi connectivity index (χ4n) is 2.04. The molecule has 0 saturated heterocycles. The number of carbonyl (C=O) groups is 1. The normalized spacial score (nSPS) is 10.5. The Labute approximate surface area is 133 Å². The number of halogens is 1. The summed E-state index contributed by atoms with van der Waals surface area (Å²) in [5, 5.41) is 9.16. The van der Waals surface area contributed by atoms with E-state index in [-0.39, 0.29) is 18.7 Å². The summed E-state index contributed by atoms with van der Waals surface area (Å²) in [6, 6.07) is 9.13. The summed E-state index contributed by atoms with van der Waals surface area (Å²) in [4.78, 5) is 18.6. The van der Waals surface area contributed by atoms with Gasteiger partial charge in [0, 0.05) is 24.2 Å². The number of pyridine rings is 1. The summed E-state index contributed by atoms with van der Waals surface area (Å²) in [6.45, 7) is 0.280. The maximum Gasteiger partial charge on any atom is 0.257 e. The molecule has 116 valence electrons. The molecule has 1 N–H and O–H groups in total. The Bertz CT molecular complexity index is 634. The number of hydrogen-bond donors (Lipinski definition) is 1. The Morgan fingerprint density at radius 3 is 2.64 bits per heavy atom. The second-order valence-corrected chi connectivity index (χ2v) is 5.53. The fraction of sp³-hybridized carbons (Fsp3) is 0.250. The molecule has 0 atom stereocenters. The van der Waals surface area contributed by atoms with Crippen LogP contribution in [0.4, 0.5) is 4.39 Å². The van der Waals surface area contributed by atoms with Crippen LogP contribution in [-0.2, 0) is 6.54 Å². The van der Waals surface area contributed by atoms with Crippen molar-refractivity contribution in [2.24, 2.45) is 0 Å². The molecule has 22 heavy (non-hydrogen) atoms. The summed E-state index contributed by atoms with van der Waals surface area (Å²) in [6.07, 6.45) is 4.38. The predicted octanol–water partition coefficient (Wildman–Crippen LogP) is 2.58. The zero-order valence-corrected chi connectivity index (χ0v) is 13.0. The Morgan fingerprint density at radius 2 is 2.05 bits per heavy atom. The van der Waals surface area contributed by atoms with Gasteiger partial charge >= 0.3 is 0 Å². The highest BCUT2D eigenvalue weighted by molar-refractivity contribution is 7.98. The van der Waals surface area contributed by atoms with Crippen LogP contribution in [0.3, 0.4) is 0 Å². The number of aliphatic hydroxyl groups is 1. The van der Waals surface area contributed by atoms with E-state index in [1.165, 1.54) is 17.2 Å². The van der Waals surface area contributed by atoms with Crippen LogP contribution in [0.25, 0.3) is 0 Å². The molecule has 0 aliphatic rings. The van der Waals surface area contributed by atoms with E-state index < -0.39 is 11.7 Å². The molecular formula is C16H17FN2O2S. The summed E-state index contributed by atoms with van der Waals surface area (Å²) < 4.78 is 13.7. The molecule has 1 amide bonds. The molecule has 1 aromatic heterocycles. The smallest absolute Gasteiger partial charge is 0.257 e. The largest absolute Gasteiger partial charge is 0.395 e. The Hall–Kier alpha value is -1.92. The highest BCUT2D eigenvalue weighted by Gasteiger charge is 2.19. The molecule has 6 heteroatoms. The van der Waals surface area contributed by atoms with Crippen LogP contribution in [0.5, 0.6) is 0 Å². The SMILES string of the molecule is CSc1ccc(CN(CCO)C(=O)c2ccncc2F)cc1. The molecule has 0 radical (unpaired) electrons. The molecule has 0 aliphatic carbocycles. The number of aromatic nitrogens is 1. The van der Waals surface area contributed by atoms with Gasteiger partial charge in [-0.2, -0.15) is 0 Å². The van der Waals surface area contributed by atoms with Crippen molar-refractivity contribution in [3.8, 4) is 0 Å². The van der Waals surface area contributed by atoms with Gasteiger partial charge in [0.1, 0.15) is 0 Å². The van der Waals surface area contributed by atoms with Crippen LogP contribution < -0.4 is 0 Å². The molecule has 0 unspecified atom stereocenters. The van der Waals surface area contributed by atoms with Crippen molar-refractivity contribution in [2.45, 2.75) is 11.4 Å². The minimum atomic E-state index is -0.659. The fourth-order valence-corrected chi connectivity index (χ4v) is 2.45. The molecule has 0 fully saturated rings. The highest BCUT2D eigenvalue weighted by atomic mass is 32.2. The van der Waals surface area contributed by atoms with E-state index in [0.29, 0.717) is 6.54 Å². The van der Waals surface area contributed by atoms with Crippen LogP contribution >= 0.6 is 11.8 Å². The maximum atomic E-state index is 13.7. The van der Waals surface area contributed by atoms with Gasteiger partial charge in [-0.05, 0) is 30.0 Å². The average Bonchev–Trinajstić information content (AvgIpc) is 2.55. The molecule has 4 nitrogen and oxygen atoms in total. The lowest BCUT2D eigenvalue weighted by Gasteiger charge is -2.22. The van der Waals surface area contributed by atoms with Crippen molar-refractivity contribution in [1.82, 2.24) is 9.88 Å². The minimum absolute atomic E-state index is 0.0378. The zero-order chi connectivity index (χ0) is 15.9. The third kappa shape index (κ3) is 4.05. The van der Waals surface area contributed by atoms with Crippen molar-refractivity contribution in [1.29, 1.82) is 0 Å².